The zero-order chi connectivity index (χ0) is 23.6. The lowest BCUT2D eigenvalue weighted by molar-refractivity contribution is 0.0391. The molecule has 3 aliphatic rings. The number of aromatic nitrogens is 3. The summed E-state index contributed by atoms with van der Waals surface area (Å²) < 4.78 is 7.70. The van der Waals surface area contributed by atoms with Gasteiger partial charge in [0.05, 0.1) is 29.5 Å². The standard InChI is InChI=1S/C25H25Cl2N5O2/c1-30-6-7-34-21-10-15(13-28-24(21)30)25(33)32-18-4-3-5-20(32)22-19(12-18)23(31(2)29-22)14-8-16(26)11-17(27)9-14/h8-11,13,18,20H,3-7,12H2,1-2H3/t18-,20+/m1/s1. The summed E-state index contributed by atoms with van der Waals surface area (Å²) >= 11 is 12.6. The highest BCUT2D eigenvalue weighted by atomic mass is 35.5. The molecular weight excluding hydrogens is 473 g/mol. The lowest BCUT2D eigenvalue weighted by Crippen LogP contribution is -2.50. The molecular formula is C25H25Cl2N5O2. The number of benzene rings is 1. The van der Waals surface area contributed by atoms with E-state index in [0.717, 1.165) is 55.0 Å². The van der Waals surface area contributed by atoms with Crippen molar-refractivity contribution in [1.82, 2.24) is 19.7 Å². The number of carbonyl (C=O) groups excluding carboxylic acids is 1. The summed E-state index contributed by atoms with van der Waals surface area (Å²) in [5, 5.41) is 6.09. The smallest absolute Gasteiger partial charge is 0.256 e. The predicted molar refractivity (Wildman–Crippen MR) is 132 cm³/mol. The lowest BCUT2D eigenvalue weighted by Gasteiger charge is -2.45. The van der Waals surface area contributed by atoms with Crippen molar-refractivity contribution in [2.75, 3.05) is 25.1 Å². The first-order chi connectivity index (χ1) is 16.4. The average molecular weight is 498 g/mol. The molecule has 5 heterocycles. The fraction of sp³-hybridized carbons (Fsp3) is 0.400. The van der Waals surface area contributed by atoms with Gasteiger partial charge in [0.1, 0.15) is 6.61 Å². The van der Waals surface area contributed by atoms with Crippen molar-refractivity contribution in [1.29, 1.82) is 0 Å². The van der Waals surface area contributed by atoms with Gasteiger partial charge >= 0.3 is 0 Å². The van der Waals surface area contributed by atoms with Gasteiger partial charge in [-0.05, 0) is 49.9 Å². The second kappa shape index (κ2) is 8.17. The number of amides is 1. The monoisotopic (exact) mass is 497 g/mol. The van der Waals surface area contributed by atoms with E-state index in [1.54, 1.807) is 12.3 Å². The zero-order valence-electron chi connectivity index (χ0n) is 19.1. The Hall–Kier alpha value is -2.77. The Labute approximate surface area is 208 Å². The van der Waals surface area contributed by atoms with E-state index in [9.17, 15) is 4.79 Å². The molecule has 9 heteroatoms. The Bertz CT molecular complexity index is 1290. The van der Waals surface area contributed by atoms with Gasteiger partial charge in [-0.25, -0.2) is 4.98 Å². The zero-order valence-corrected chi connectivity index (χ0v) is 20.6. The van der Waals surface area contributed by atoms with Crippen molar-refractivity contribution in [3.63, 3.8) is 0 Å². The van der Waals surface area contributed by atoms with Gasteiger partial charge in [-0.1, -0.05) is 23.2 Å². The number of pyridine rings is 1. The van der Waals surface area contributed by atoms with Crippen molar-refractivity contribution in [3.05, 3.63) is 57.3 Å². The van der Waals surface area contributed by atoms with Gasteiger partial charge in [0.15, 0.2) is 11.6 Å². The van der Waals surface area contributed by atoms with Crippen LogP contribution in [0, 0.1) is 0 Å². The van der Waals surface area contributed by atoms with Crippen LogP contribution in [0.4, 0.5) is 5.82 Å². The molecule has 0 radical (unpaired) electrons. The van der Waals surface area contributed by atoms with Crippen molar-refractivity contribution in [3.8, 4) is 17.0 Å². The van der Waals surface area contributed by atoms with Gasteiger partial charge < -0.3 is 14.5 Å². The van der Waals surface area contributed by atoms with E-state index in [1.807, 2.05) is 46.8 Å². The Morgan fingerprint density at radius 3 is 2.71 bits per heavy atom. The second-order valence-corrected chi connectivity index (χ2v) is 10.2. The Balaban J connectivity index is 1.39. The molecule has 0 spiro atoms. The third-order valence-corrected chi connectivity index (χ3v) is 7.61. The maximum absolute atomic E-state index is 13.8. The maximum Gasteiger partial charge on any atom is 0.256 e. The summed E-state index contributed by atoms with van der Waals surface area (Å²) in [5.74, 6) is 1.43. The van der Waals surface area contributed by atoms with Gasteiger partial charge in [-0.15, -0.1) is 0 Å². The molecule has 2 aromatic heterocycles. The van der Waals surface area contributed by atoms with Crippen molar-refractivity contribution >= 4 is 34.9 Å². The molecule has 7 nitrogen and oxygen atoms in total. The molecule has 1 fully saturated rings. The number of aryl methyl sites for hydroxylation is 1. The highest BCUT2D eigenvalue weighted by molar-refractivity contribution is 6.35. The number of hydrogen-bond donors (Lipinski definition) is 0. The van der Waals surface area contributed by atoms with Crippen LogP contribution in [-0.4, -0.2) is 51.8 Å². The van der Waals surface area contributed by atoms with E-state index in [4.69, 9.17) is 33.0 Å². The van der Waals surface area contributed by atoms with E-state index in [2.05, 4.69) is 4.98 Å². The third-order valence-electron chi connectivity index (χ3n) is 7.17. The number of halogens is 2. The number of anilines is 1. The van der Waals surface area contributed by atoms with Gasteiger partial charge in [-0.2, -0.15) is 5.10 Å². The number of nitrogens with zero attached hydrogens (tertiary/aromatic N) is 5. The van der Waals surface area contributed by atoms with Crippen LogP contribution in [0.15, 0.2) is 30.5 Å². The number of hydrogen-bond acceptors (Lipinski definition) is 5. The molecule has 1 aromatic carbocycles. The van der Waals surface area contributed by atoms with Crippen LogP contribution in [0.25, 0.3) is 11.3 Å². The van der Waals surface area contributed by atoms with Crippen LogP contribution >= 0.6 is 23.2 Å². The number of carbonyl (C=O) groups is 1. The molecule has 0 unspecified atom stereocenters. The van der Waals surface area contributed by atoms with Gasteiger partial charge in [0.2, 0.25) is 0 Å². The minimum Gasteiger partial charge on any atom is -0.488 e. The second-order valence-electron chi connectivity index (χ2n) is 9.33. The Morgan fingerprint density at radius 1 is 1.12 bits per heavy atom. The average Bonchev–Trinajstić information content (AvgIpc) is 3.13. The minimum absolute atomic E-state index is 0.00882. The van der Waals surface area contributed by atoms with Crippen LogP contribution in [0.3, 0.4) is 0 Å². The molecule has 0 aliphatic carbocycles. The summed E-state index contributed by atoms with van der Waals surface area (Å²) in [5.41, 5.74) is 4.70. The first kappa shape index (κ1) is 21.7. The number of rotatable bonds is 2. The number of ether oxygens (including phenoxy) is 1. The summed E-state index contributed by atoms with van der Waals surface area (Å²) in [4.78, 5) is 22.4. The van der Waals surface area contributed by atoms with Crippen LogP contribution in [0.1, 0.15) is 46.9 Å². The molecule has 6 rings (SSSR count). The van der Waals surface area contributed by atoms with E-state index in [1.165, 1.54) is 5.56 Å². The first-order valence-electron chi connectivity index (χ1n) is 11.6. The molecule has 2 bridgehead atoms. The summed E-state index contributed by atoms with van der Waals surface area (Å²) in [6, 6.07) is 7.46. The highest BCUT2D eigenvalue weighted by Crippen LogP contribution is 2.45. The lowest BCUT2D eigenvalue weighted by atomic mass is 9.81. The molecule has 34 heavy (non-hydrogen) atoms. The third kappa shape index (κ3) is 3.45. The summed E-state index contributed by atoms with van der Waals surface area (Å²) in [6.45, 7) is 1.37. The predicted octanol–water partition coefficient (Wildman–Crippen LogP) is 4.91. The van der Waals surface area contributed by atoms with Crippen LogP contribution in [-0.2, 0) is 13.5 Å². The molecule has 0 N–H and O–H groups in total. The first-order valence-corrected chi connectivity index (χ1v) is 12.3. The number of piperidine rings is 1. The normalized spacial score (nSPS) is 21.1. The van der Waals surface area contributed by atoms with Crippen molar-refractivity contribution in [2.45, 2.75) is 37.8 Å². The topological polar surface area (TPSA) is 63.5 Å². The summed E-state index contributed by atoms with van der Waals surface area (Å²) in [6.07, 6.45) is 5.35. The molecule has 3 aromatic rings. The molecule has 1 amide bonds. The molecule has 0 saturated carbocycles. The van der Waals surface area contributed by atoms with Gasteiger partial charge in [-0.3, -0.25) is 9.48 Å². The molecule has 1 saturated heterocycles. The minimum atomic E-state index is -0.0655. The molecule has 2 atom stereocenters. The fourth-order valence-corrected chi connectivity index (χ4v) is 6.22. The summed E-state index contributed by atoms with van der Waals surface area (Å²) in [7, 11) is 3.93. The molecule has 3 aliphatic heterocycles. The quantitative estimate of drug-likeness (QED) is 0.503. The SMILES string of the molecule is CN1CCOc2cc(C(=O)N3[C@@H]4CCC[C@H]3c3nn(C)c(-c5cc(Cl)cc(Cl)c5)c3C4)cnc21. The van der Waals surface area contributed by atoms with E-state index in [0.29, 0.717) is 28.0 Å². The van der Waals surface area contributed by atoms with Gasteiger partial charge in [0.25, 0.3) is 5.91 Å². The van der Waals surface area contributed by atoms with E-state index >= 15 is 0 Å². The highest BCUT2D eigenvalue weighted by Gasteiger charge is 2.43. The van der Waals surface area contributed by atoms with Crippen LogP contribution < -0.4 is 9.64 Å². The van der Waals surface area contributed by atoms with Gasteiger partial charge in [0, 0.05) is 47.5 Å². The Morgan fingerprint density at radius 2 is 1.91 bits per heavy atom. The number of fused-ring (bicyclic) bond motifs is 5. The van der Waals surface area contributed by atoms with Crippen molar-refractivity contribution < 1.29 is 9.53 Å². The molecule has 176 valence electrons. The maximum atomic E-state index is 13.8. The van der Waals surface area contributed by atoms with Crippen molar-refractivity contribution in [2.24, 2.45) is 7.05 Å². The number of likely N-dealkylation sites (N-methyl/N-ethyl adjacent to an activating group) is 1. The fourth-order valence-electron chi connectivity index (χ4n) is 5.70. The van der Waals surface area contributed by atoms with E-state index in [-0.39, 0.29) is 18.0 Å². The Kier molecular flexibility index (Phi) is 5.22. The van der Waals surface area contributed by atoms with Crippen LogP contribution in [0.2, 0.25) is 10.0 Å². The van der Waals surface area contributed by atoms with E-state index < -0.39 is 0 Å². The largest absolute Gasteiger partial charge is 0.488 e. The van der Waals surface area contributed by atoms with Crippen LogP contribution in [0.5, 0.6) is 5.75 Å².